The summed E-state index contributed by atoms with van der Waals surface area (Å²) in [4.78, 5) is 26.3. The first-order valence-electron chi connectivity index (χ1n) is 8.51. The number of aromatic hydroxyl groups is 1. The number of alkyl halides is 1. The highest BCUT2D eigenvalue weighted by atomic mass is 19.1. The Balaban J connectivity index is 2.61. The molecule has 0 fully saturated rings. The van der Waals surface area contributed by atoms with Gasteiger partial charge in [-0.05, 0) is 58.9 Å². The molecule has 0 unspecified atom stereocenters. The summed E-state index contributed by atoms with van der Waals surface area (Å²) < 4.78 is 19.6. The van der Waals surface area contributed by atoms with Crippen LogP contribution in [0.25, 0.3) is 5.69 Å². The number of rotatable bonds is 4. The maximum Gasteiger partial charge on any atom is 0.416 e. The number of nitrogens with zero attached hydrogens (tertiary/aromatic N) is 3. The number of carbonyl (C=O) groups is 1. The molecule has 0 spiro atoms. The Labute approximate surface area is 157 Å². The number of phenols is 1. The topological polar surface area (TPSA) is 84.7 Å². The zero-order valence-corrected chi connectivity index (χ0v) is 16.1. The summed E-state index contributed by atoms with van der Waals surface area (Å²) in [5.41, 5.74) is 0.118. The van der Waals surface area contributed by atoms with Gasteiger partial charge in [0, 0.05) is 11.1 Å². The van der Waals surface area contributed by atoms with Crippen LogP contribution in [0.1, 0.15) is 31.9 Å². The van der Waals surface area contributed by atoms with Crippen molar-refractivity contribution in [2.24, 2.45) is 0 Å². The molecule has 1 aromatic heterocycles. The van der Waals surface area contributed by atoms with Crippen LogP contribution < -0.4 is 10.5 Å². The molecule has 1 aromatic carbocycles. The van der Waals surface area contributed by atoms with E-state index in [-0.39, 0.29) is 23.7 Å². The molecule has 1 amide bonds. The normalized spacial score (nSPS) is 11.3. The van der Waals surface area contributed by atoms with Crippen molar-refractivity contribution in [1.29, 1.82) is 0 Å². The van der Waals surface area contributed by atoms with E-state index >= 15 is 0 Å². The van der Waals surface area contributed by atoms with E-state index in [4.69, 9.17) is 4.74 Å². The standard InChI is InChI=1S/C19H24FN3O4/c1-12-13(2)17(25)23(14-6-8-15(24)9-7-14)21-16(12)22(11-10-20)18(26)27-19(3,4)5/h6-9,24H,10-11H2,1-5H3. The van der Waals surface area contributed by atoms with Crippen molar-refractivity contribution >= 4 is 11.9 Å². The summed E-state index contributed by atoms with van der Waals surface area (Å²) in [6.45, 7) is 7.34. The van der Waals surface area contributed by atoms with E-state index in [9.17, 15) is 19.1 Å². The summed E-state index contributed by atoms with van der Waals surface area (Å²) in [5, 5.41) is 13.7. The van der Waals surface area contributed by atoms with Crippen LogP contribution in [-0.4, -0.2) is 39.8 Å². The van der Waals surface area contributed by atoms with E-state index in [1.165, 1.54) is 24.3 Å². The Bertz CT molecular complexity index is 886. The molecule has 0 aliphatic rings. The molecule has 1 N–H and O–H groups in total. The van der Waals surface area contributed by atoms with Gasteiger partial charge in [-0.1, -0.05) is 0 Å². The smallest absolute Gasteiger partial charge is 0.416 e. The molecule has 0 bridgehead atoms. The molecule has 0 aliphatic heterocycles. The number of aromatic nitrogens is 2. The zero-order valence-electron chi connectivity index (χ0n) is 16.1. The fraction of sp³-hybridized carbons (Fsp3) is 0.421. The van der Waals surface area contributed by atoms with Gasteiger partial charge in [0.15, 0.2) is 5.82 Å². The lowest BCUT2D eigenvalue weighted by Crippen LogP contribution is -2.40. The molecule has 0 saturated heterocycles. The SMILES string of the molecule is Cc1c(N(CCF)C(=O)OC(C)(C)C)nn(-c2ccc(O)cc2)c(=O)c1C. The Kier molecular flexibility index (Phi) is 5.88. The summed E-state index contributed by atoms with van der Waals surface area (Å²) in [7, 11) is 0. The van der Waals surface area contributed by atoms with Crippen molar-refractivity contribution in [2.45, 2.75) is 40.2 Å². The first-order valence-corrected chi connectivity index (χ1v) is 8.51. The van der Waals surface area contributed by atoms with Crippen molar-refractivity contribution in [3.05, 3.63) is 45.7 Å². The second-order valence-electron chi connectivity index (χ2n) is 7.13. The molecular weight excluding hydrogens is 353 g/mol. The van der Waals surface area contributed by atoms with Crippen LogP contribution in [0.2, 0.25) is 0 Å². The molecule has 2 aromatic rings. The number of halogens is 1. The van der Waals surface area contributed by atoms with Gasteiger partial charge < -0.3 is 9.84 Å². The maximum atomic E-state index is 13.1. The molecule has 146 valence electrons. The van der Waals surface area contributed by atoms with Gasteiger partial charge >= 0.3 is 6.09 Å². The summed E-state index contributed by atoms with van der Waals surface area (Å²) in [5.74, 6) is 0.191. The van der Waals surface area contributed by atoms with E-state index in [0.29, 0.717) is 16.8 Å². The van der Waals surface area contributed by atoms with Crippen molar-refractivity contribution in [3.63, 3.8) is 0 Å². The zero-order chi connectivity index (χ0) is 20.4. The lowest BCUT2D eigenvalue weighted by Gasteiger charge is -2.27. The molecule has 7 nitrogen and oxygen atoms in total. The van der Waals surface area contributed by atoms with Gasteiger partial charge in [-0.2, -0.15) is 4.68 Å². The summed E-state index contributed by atoms with van der Waals surface area (Å²) in [6, 6.07) is 5.89. The number of carbonyl (C=O) groups excluding carboxylic acids is 1. The number of benzene rings is 1. The van der Waals surface area contributed by atoms with Crippen molar-refractivity contribution in [3.8, 4) is 11.4 Å². The highest BCUT2D eigenvalue weighted by molar-refractivity contribution is 5.87. The molecule has 8 heteroatoms. The van der Waals surface area contributed by atoms with Crippen LogP contribution in [0, 0.1) is 13.8 Å². The minimum Gasteiger partial charge on any atom is -0.508 e. The average Bonchev–Trinajstić information content (AvgIpc) is 2.58. The molecule has 0 radical (unpaired) electrons. The predicted octanol–water partition coefficient (Wildman–Crippen LogP) is 3.27. The lowest BCUT2D eigenvalue weighted by atomic mass is 10.1. The second kappa shape index (κ2) is 7.77. The highest BCUT2D eigenvalue weighted by Crippen LogP contribution is 2.22. The molecular formula is C19H24FN3O4. The number of anilines is 1. The van der Waals surface area contributed by atoms with Gasteiger partial charge in [-0.25, -0.2) is 9.18 Å². The monoisotopic (exact) mass is 377 g/mol. The lowest BCUT2D eigenvalue weighted by molar-refractivity contribution is 0.0576. The minimum atomic E-state index is -0.794. The Morgan fingerprint density at radius 2 is 1.81 bits per heavy atom. The Morgan fingerprint density at radius 1 is 1.22 bits per heavy atom. The molecule has 27 heavy (non-hydrogen) atoms. The Morgan fingerprint density at radius 3 is 2.33 bits per heavy atom. The van der Waals surface area contributed by atoms with Gasteiger partial charge in [-0.15, -0.1) is 5.10 Å². The van der Waals surface area contributed by atoms with Gasteiger partial charge in [0.2, 0.25) is 0 Å². The van der Waals surface area contributed by atoms with Crippen LogP contribution in [-0.2, 0) is 4.74 Å². The molecule has 1 heterocycles. The predicted molar refractivity (Wildman–Crippen MR) is 101 cm³/mol. The van der Waals surface area contributed by atoms with Crippen LogP contribution in [0.4, 0.5) is 15.0 Å². The maximum absolute atomic E-state index is 13.1. The number of hydrogen-bond donors (Lipinski definition) is 1. The van der Waals surface area contributed by atoms with Crippen molar-refractivity contribution < 1.29 is 19.0 Å². The molecule has 0 saturated carbocycles. The summed E-state index contributed by atoms with van der Waals surface area (Å²) in [6.07, 6.45) is -0.744. The van der Waals surface area contributed by atoms with Gasteiger partial charge in [0.25, 0.3) is 5.56 Å². The quantitative estimate of drug-likeness (QED) is 0.884. The Hall–Kier alpha value is -2.90. The number of hydrogen-bond acceptors (Lipinski definition) is 5. The third kappa shape index (κ3) is 4.64. The number of amides is 1. The van der Waals surface area contributed by atoms with E-state index in [1.54, 1.807) is 34.6 Å². The first-order chi connectivity index (χ1) is 12.5. The van der Waals surface area contributed by atoms with Crippen LogP contribution in [0.15, 0.2) is 29.1 Å². The van der Waals surface area contributed by atoms with E-state index < -0.39 is 18.4 Å². The molecule has 2 rings (SSSR count). The molecule has 0 aliphatic carbocycles. The van der Waals surface area contributed by atoms with Crippen LogP contribution in [0.5, 0.6) is 5.75 Å². The fourth-order valence-corrected chi connectivity index (χ4v) is 2.41. The van der Waals surface area contributed by atoms with Gasteiger partial charge in [-0.3, -0.25) is 9.69 Å². The van der Waals surface area contributed by atoms with Gasteiger partial charge in [0.1, 0.15) is 18.0 Å². The third-order valence-electron chi connectivity index (χ3n) is 3.88. The fourth-order valence-electron chi connectivity index (χ4n) is 2.41. The largest absolute Gasteiger partial charge is 0.508 e. The third-order valence-corrected chi connectivity index (χ3v) is 3.88. The molecule has 0 atom stereocenters. The van der Waals surface area contributed by atoms with E-state index in [1.807, 2.05) is 0 Å². The van der Waals surface area contributed by atoms with Crippen LogP contribution >= 0.6 is 0 Å². The number of phenolic OH excluding ortho intramolecular Hbond substituents is 1. The highest BCUT2D eigenvalue weighted by Gasteiger charge is 2.27. The van der Waals surface area contributed by atoms with Crippen LogP contribution in [0.3, 0.4) is 0 Å². The first kappa shape index (κ1) is 20.4. The van der Waals surface area contributed by atoms with Crippen molar-refractivity contribution in [2.75, 3.05) is 18.1 Å². The van der Waals surface area contributed by atoms with Crippen molar-refractivity contribution in [1.82, 2.24) is 9.78 Å². The van der Waals surface area contributed by atoms with E-state index in [2.05, 4.69) is 5.10 Å². The number of ether oxygens (including phenoxy) is 1. The second-order valence-corrected chi connectivity index (χ2v) is 7.13. The minimum absolute atomic E-state index is 0.0451. The van der Waals surface area contributed by atoms with E-state index in [0.717, 1.165) is 9.58 Å². The summed E-state index contributed by atoms with van der Waals surface area (Å²) >= 11 is 0. The van der Waals surface area contributed by atoms with Gasteiger partial charge in [0.05, 0.1) is 12.2 Å². The average molecular weight is 377 g/mol.